The summed E-state index contributed by atoms with van der Waals surface area (Å²) in [6.07, 6.45) is 4.31. The molecule has 5 nitrogen and oxygen atoms in total. The molecule has 0 aliphatic heterocycles. The first kappa shape index (κ1) is 23.2. The number of benzene rings is 2. The Morgan fingerprint density at radius 3 is 2.41 bits per heavy atom. The van der Waals surface area contributed by atoms with E-state index in [4.69, 9.17) is 11.6 Å². The third kappa shape index (κ3) is 6.75. The lowest BCUT2D eigenvalue weighted by Crippen LogP contribution is -2.29. The number of hydrogen-bond donors (Lipinski definition) is 2. The molecule has 2 N–H and O–H groups in total. The third-order valence-electron chi connectivity index (χ3n) is 4.89. The summed E-state index contributed by atoms with van der Waals surface area (Å²) in [7, 11) is -3.75. The molecule has 2 aromatic rings. The first-order valence-corrected chi connectivity index (χ1v) is 11.8. The maximum Gasteiger partial charge on any atom is 0.261 e. The summed E-state index contributed by atoms with van der Waals surface area (Å²) in [5.74, 6) is 0.113. The molecule has 0 aliphatic carbocycles. The third-order valence-corrected chi connectivity index (χ3v) is 6.62. The molecule has 0 saturated carbocycles. The standard InChI is InChI=1S/C22H29ClN2O3S/c1-4-6-7-17(5-2)15-24-22(26)20-14-18(10-13-21(20)23)25-29(27,28)19-11-8-16(3)9-12-19/h8-14,17,25H,4-7,15H2,1-3H3,(H,24,26)/t17-/m0/s1. The Hall–Kier alpha value is -2.05. The molecular weight excluding hydrogens is 408 g/mol. The second-order valence-corrected chi connectivity index (χ2v) is 9.33. The molecule has 158 valence electrons. The smallest absolute Gasteiger partial charge is 0.261 e. The zero-order valence-electron chi connectivity index (χ0n) is 17.2. The van der Waals surface area contributed by atoms with Gasteiger partial charge in [0.15, 0.2) is 0 Å². The van der Waals surface area contributed by atoms with Crippen molar-refractivity contribution in [2.75, 3.05) is 11.3 Å². The van der Waals surface area contributed by atoms with Crippen molar-refractivity contribution in [1.82, 2.24) is 5.32 Å². The lowest BCUT2D eigenvalue weighted by molar-refractivity contribution is 0.0946. The molecular formula is C22H29ClN2O3S. The van der Waals surface area contributed by atoms with Crippen LogP contribution in [0.4, 0.5) is 5.69 Å². The van der Waals surface area contributed by atoms with Crippen molar-refractivity contribution in [3.05, 3.63) is 58.6 Å². The highest BCUT2D eigenvalue weighted by Crippen LogP contribution is 2.23. The summed E-state index contributed by atoms with van der Waals surface area (Å²) in [6.45, 7) is 6.72. The number of unbranched alkanes of at least 4 members (excludes halogenated alkanes) is 1. The minimum atomic E-state index is -3.75. The number of nitrogens with one attached hydrogen (secondary N) is 2. The number of amides is 1. The largest absolute Gasteiger partial charge is 0.352 e. The van der Waals surface area contributed by atoms with Crippen LogP contribution >= 0.6 is 11.6 Å². The number of hydrogen-bond acceptors (Lipinski definition) is 3. The van der Waals surface area contributed by atoms with Gasteiger partial charge in [0.1, 0.15) is 0 Å². The molecule has 1 atom stereocenters. The van der Waals surface area contributed by atoms with Gasteiger partial charge in [0, 0.05) is 12.2 Å². The van der Waals surface area contributed by atoms with E-state index in [1.807, 2.05) is 6.92 Å². The van der Waals surface area contributed by atoms with Crippen molar-refractivity contribution >= 4 is 33.2 Å². The second-order valence-electron chi connectivity index (χ2n) is 7.24. The lowest BCUT2D eigenvalue weighted by Gasteiger charge is -2.16. The molecule has 0 fully saturated rings. The van der Waals surface area contributed by atoms with Crippen molar-refractivity contribution in [3.63, 3.8) is 0 Å². The van der Waals surface area contributed by atoms with Crippen LogP contribution in [0, 0.1) is 12.8 Å². The number of carbonyl (C=O) groups is 1. The van der Waals surface area contributed by atoms with Gasteiger partial charge in [0.2, 0.25) is 0 Å². The Labute approximate surface area is 178 Å². The summed E-state index contributed by atoms with van der Waals surface area (Å²) in [5, 5.41) is 3.21. The van der Waals surface area contributed by atoms with E-state index in [0.717, 1.165) is 31.2 Å². The monoisotopic (exact) mass is 436 g/mol. The lowest BCUT2D eigenvalue weighted by atomic mass is 9.99. The van der Waals surface area contributed by atoms with Gasteiger partial charge in [0.05, 0.1) is 15.5 Å². The minimum absolute atomic E-state index is 0.158. The fraction of sp³-hybridized carbons (Fsp3) is 0.409. The summed E-state index contributed by atoms with van der Waals surface area (Å²) in [6, 6.07) is 11.1. The summed E-state index contributed by atoms with van der Waals surface area (Å²) < 4.78 is 27.7. The van der Waals surface area contributed by atoms with Crippen molar-refractivity contribution < 1.29 is 13.2 Å². The minimum Gasteiger partial charge on any atom is -0.352 e. The molecule has 1 amide bonds. The van der Waals surface area contributed by atoms with Crippen LogP contribution in [0.2, 0.25) is 5.02 Å². The average Bonchev–Trinajstić information content (AvgIpc) is 2.69. The molecule has 7 heteroatoms. The van der Waals surface area contributed by atoms with Crippen LogP contribution in [0.15, 0.2) is 47.4 Å². The van der Waals surface area contributed by atoms with E-state index >= 15 is 0 Å². The van der Waals surface area contributed by atoms with Crippen LogP contribution in [0.3, 0.4) is 0 Å². The fourth-order valence-corrected chi connectivity index (χ4v) is 4.22. The number of anilines is 1. The van der Waals surface area contributed by atoms with Gasteiger partial charge in [-0.15, -0.1) is 0 Å². The van der Waals surface area contributed by atoms with E-state index in [1.54, 1.807) is 30.3 Å². The molecule has 2 rings (SSSR count). The van der Waals surface area contributed by atoms with Crippen LogP contribution in [0.5, 0.6) is 0 Å². The van der Waals surface area contributed by atoms with E-state index < -0.39 is 10.0 Å². The van der Waals surface area contributed by atoms with Crippen LogP contribution in [0.25, 0.3) is 0 Å². The summed E-state index contributed by atoms with van der Waals surface area (Å²) >= 11 is 6.19. The van der Waals surface area contributed by atoms with Gasteiger partial charge >= 0.3 is 0 Å². The average molecular weight is 437 g/mol. The maximum absolute atomic E-state index is 12.6. The normalized spacial score (nSPS) is 12.4. The summed E-state index contributed by atoms with van der Waals surface area (Å²) in [4.78, 5) is 12.8. The number of sulfonamides is 1. The molecule has 0 saturated heterocycles. The highest BCUT2D eigenvalue weighted by atomic mass is 35.5. The molecule has 2 aromatic carbocycles. The van der Waals surface area contributed by atoms with Gasteiger partial charge in [-0.25, -0.2) is 8.42 Å². The van der Waals surface area contributed by atoms with Gasteiger partial charge in [-0.05, 0) is 49.6 Å². The van der Waals surface area contributed by atoms with E-state index in [-0.39, 0.29) is 27.1 Å². The van der Waals surface area contributed by atoms with Crippen molar-refractivity contribution in [2.45, 2.75) is 51.3 Å². The predicted octanol–water partition coefficient (Wildman–Crippen LogP) is 5.40. The van der Waals surface area contributed by atoms with E-state index in [1.165, 1.54) is 12.1 Å². The van der Waals surface area contributed by atoms with Gasteiger partial charge in [0.25, 0.3) is 15.9 Å². The Morgan fingerprint density at radius 1 is 1.10 bits per heavy atom. The molecule has 0 radical (unpaired) electrons. The number of aryl methyl sites for hydroxylation is 1. The number of halogens is 1. The molecule has 0 heterocycles. The SMILES string of the molecule is CCCC[C@H](CC)CNC(=O)c1cc(NS(=O)(=O)c2ccc(C)cc2)ccc1Cl. The van der Waals surface area contributed by atoms with E-state index in [9.17, 15) is 13.2 Å². The quantitative estimate of drug-likeness (QED) is 0.523. The van der Waals surface area contributed by atoms with Crippen LogP contribution < -0.4 is 10.0 Å². The first-order chi connectivity index (χ1) is 13.8. The Balaban J connectivity index is 2.12. The van der Waals surface area contributed by atoms with E-state index in [2.05, 4.69) is 23.9 Å². The van der Waals surface area contributed by atoms with Gasteiger partial charge in [-0.3, -0.25) is 9.52 Å². The van der Waals surface area contributed by atoms with Crippen LogP contribution in [-0.2, 0) is 10.0 Å². The molecule has 29 heavy (non-hydrogen) atoms. The molecule has 0 aliphatic rings. The van der Waals surface area contributed by atoms with Gasteiger partial charge in [-0.1, -0.05) is 62.4 Å². The van der Waals surface area contributed by atoms with Crippen molar-refractivity contribution in [3.8, 4) is 0 Å². The fourth-order valence-electron chi connectivity index (χ4n) is 2.97. The highest BCUT2D eigenvalue weighted by Gasteiger charge is 2.17. The summed E-state index contributed by atoms with van der Waals surface area (Å²) in [5.41, 5.74) is 1.51. The predicted molar refractivity (Wildman–Crippen MR) is 119 cm³/mol. The molecule has 0 spiro atoms. The van der Waals surface area contributed by atoms with Gasteiger partial charge in [-0.2, -0.15) is 0 Å². The Bertz CT molecular complexity index is 928. The second kappa shape index (κ2) is 10.6. The Kier molecular flexibility index (Phi) is 8.53. The molecule has 0 unspecified atom stereocenters. The number of rotatable bonds is 10. The van der Waals surface area contributed by atoms with E-state index in [0.29, 0.717) is 12.5 Å². The van der Waals surface area contributed by atoms with Crippen LogP contribution in [-0.4, -0.2) is 20.9 Å². The first-order valence-electron chi connectivity index (χ1n) is 9.94. The Morgan fingerprint density at radius 2 is 1.79 bits per heavy atom. The molecule has 0 aromatic heterocycles. The van der Waals surface area contributed by atoms with Crippen LogP contribution in [0.1, 0.15) is 55.5 Å². The topological polar surface area (TPSA) is 75.3 Å². The van der Waals surface area contributed by atoms with Gasteiger partial charge < -0.3 is 5.32 Å². The number of carbonyl (C=O) groups excluding carboxylic acids is 1. The zero-order chi connectivity index (χ0) is 21.4. The highest BCUT2D eigenvalue weighted by molar-refractivity contribution is 7.92. The van der Waals surface area contributed by atoms with Crippen molar-refractivity contribution in [1.29, 1.82) is 0 Å². The van der Waals surface area contributed by atoms with Crippen molar-refractivity contribution in [2.24, 2.45) is 5.92 Å². The molecule has 0 bridgehead atoms. The maximum atomic E-state index is 12.6. The zero-order valence-corrected chi connectivity index (χ0v) is 18.7.